The number of rotatable bonds is 15. The van der Waals surface area contributed by atoms with Crippen molar-refractivity contribution in [2.45, 2.75) is 123 Å². The van der Waals surface area contributed by atoms with Crippen molar-refractivity contribution in [3.8, 4) is 0 Å². The number of aliphatic hydroxyl groups is 1. The molecule has 4 rings (SSSR count). The molecule has 1 N–H and O–H groups in total. The van der Waals surface area contributed by atoms with Crippen LogP contribution in [0.2, 0.25) is 0 Å². The third kappa shape index (κ3) is 10.1. The Morgan fingerprint density at radius 2 is 1.78 bits per heavy atom. The fourth-order valence-corrected chi connectivity index (χ4v) is 7.49. The zero-order valence-electron chi connectivity index (χ0n) is 26.2. The number of hydrogen-bond donors (Lipinski definition) is 1. The normalized spacial score (nSPS) is 27.3. The molecular formula is C37H56O4. The summed E-state index contributed by atoms with van der Waals surface area (Å²) in [5.41, 5.74) is 5.96. The molecule has 0 bridgehead atoms. The molecule has 41 heavy (non-hydrogen) atoms. The van der Waals surface area contributed by atoms with Crippen LogP contribution in [0.25, 0.3) is 6.08 Å². The lowest BCUT2D eigenvalue weighted by Crippen LogP contribution is -2.25. The molecule has 2 aliphatic carbocycles. The monoisotopic (exact) mass is 564 g/mol. The molecule has 0 spiro atoms. The zero-order valence-corrected chi connectivity index (χ0v) is 26.2. The molecule has 0 aromatic heterocycles. The van der Waals surface area contributed by atoms with Crippen molar-refractivity contribution in [1.29, 1.82) is 0 Å². The Labute approximate surface area is 250 Å². The van der Waals surface area contributed by atoms with E-state index in [4.69, 9.17) is 14.6 Å². The third-order valence-corrected chi connectivity index (χ3v) is 10.5. The number of aliphatic hydroxyl groups excluding tert-OH is 1. The van der Waals surface area contributed by atoms with Crippen molar-refractivity contribution < 1.29 is 19.4 Å². The predicted molar refractivity (Wildman–Crippen MR) is 169 cm³/mol. The number of carbonyl (C=O) groups is 1. The third-order valence-electron chi connectivity index (χ3n) is 10.5. The highest BCUT2D eigenvalue weighted by atomic mass is 16.6. The van der Waals surface area contributed by atoms with E-state index < -0.39 is 5.97 Å². The van der Waals surface area contributed by atoms with Crippen molar-refractivity contribution >= 4 is 12.0 Å². The van der Waals surface area contributed by atoms with Crippen LogP contribution in [0.5, 0.6) is 0 Å². The summed E-state index contributed by atoms with van der Waals surface area (Å²) in [6.07, 6.45) is 20.9. The first-order valence-electron chi connectivity index (χ1n) is 16.7. The van der Waals surface area contributed by atoms with Crippen molar-refractivity contribution in [2.75, 3.05) is 19.8 Å². The van der Waals surface area contributed by atoms with Crippen LogP contribution in [-0.4, -0.2) is 37.0 Å². The van der Waals surface area contributed by atoms with E-state index in [0.29, 0.717) is 18.6 Å². The molecule has 1 aromatic carbocycles. The summed E-state index contributed by atoms with van der Waals surface area (Å²) in [5, 5.41) is 9.05. The van der Waals surface area contributed by atoms with E-state index in [-0.39, 0.29) is 12.2 Å². The van der Waals surface area contributed by atoms with Gasteiger partial charge in [0, 0.05) is 0 Å². The molecule has 1 aliphatic heterocycles. The van der Waals surface area contributed by atoms with Gasteiger partial charge in [-0.2, -0.15) is 0 Å². The van der Waals surface area contributed by atoms with Crippen LogP contribution in [0.4, 0.5) is 0 Å². The Balaban J connectivity index is 1.13. The second-order valence-electron chi connectivity index (χ2n) is 13.5. The molecule has 1 saturated heterocycles. The second kappa shape index (κ2) is 16.1. The molecule has 0 radical (unpaired) electrons. The van der Waals surface area contributed by atoms with Gasteiger partial charge < -0.3 is 14.6 Å². The highest BCUT2D eigenvalue weighted by Crippen LogP contribution is 2.45. The molecule has 228 valence electrons. The van der Waals surface area contributed by atoms with Crippen molar-refractivity contribution in [3.05, 3.63) is 52.6 Å². The summed E-state index contributed by atoms with van der Waals surface area (Å²) in [6, 6.07) is 7.22. The lowest BCUT2D eigenvalue weighted by molar-refractivity contribution is -0.139. The Morgan fingerprint density at radius 3 is 2.39 bits per heavy atom. The molecule has 4 nitrogen and oxygen atoms in total. The van der Waals surface area contributed by atoms with Crippen LogP contribution in [0, 0.1) is 30.6 Å². The Hall–Kier alpha value is -1.91. The second-order valence-corrected chi connectivity index (χ2v) is 13.5. The standard InChI is InChI=1S/C37H56O4/c1-5-26(2)21-34-17-18-35(22-27(34)3)33-15-13-32(14-16-33)31-11-9-29(10-12-31)7-6-8-30(23-36-25-41-36)19-20-40-37(39)28(4)24-38/h17-18,21-22,29-33,36,38H,4-16,19-20,23-25H2,1-3H3/b26-21+. The van der Waals surface area contributed by atoms with E-state index in [1.54, 1.807) is 5.56 Å². The van der Waals surface area contributed by atoms with E-state index in [1.165, 1.54) is 87.3 Å². The molecular weight excluding hydrogens is 508 g/mol. The van der Waals surface area contributed by atoms with Gasteiger partial charge in [0.1, 0.15) is 0 Å². The summed E-state index contributed by atoms with van der Waals surface area (Å²) in [5.74, 6) is 3.59. The Kier molecular flexibility index (Phi) is 12.6. The highest BCUT2D eigenvalue weighted by Gasteiger charge is 2.32. The summed E-state index contributed by atoms with van der Waals surface area (Å²) in [7, 11) is 0. The van der Waals surface area contributed by atoms with Gasteiger partial charge >= 0.3 is 5.97 Å². The smallest absolute Gasteiger partial charge is 0.335 e. The van der Waals surface area contributed by atoms with Gasteiger partial charge in [0.05, 0.1) is 31.5 Å². The Bertz CT molecular complexity index is 1010. The number of epoxide rings is 1. The SMILES string of the molecule is C=C(CO)C(=O)OCCC(CCCC1CCC(C2CCC(c3ccc(/C=C(\C)CC)c(C)c3)CC2)CC1)CC1CO1. The average Bonchev–Trinajstić information content (AvgIpc) is 3.82. The maximum atomic E-state index is 11.8. The van der Waals surface area contributed by atoms with E-state index in [9.17, 15) is 4.79 Å². The first-order valence-corrected chi connectivity index (χ1v) is 16.7. The number of allylic oxidation sites excluding steroid dienone is 1. The van der Waals surface area contributed by atoms with E-state index >= 15 is 0 Å². The minimum Gasteiger partial charge on any atom is -0.462 e. The van der Waals surface area contributed by atoms with Crippen molar-refractivity contribution in [1.82, 2.24) is 0 Å². The number of benzene rings is 1. The van der Waals surface area contributed by atoms with E-state index in [2.05, 4.69) is 51.6 Å². The molecule has 2 unspecified atom stereocenters. The lowest BCUT2D eigenvalue weighted by atomic mass is 9.68. The fraction of sp³-hybridized carbons (Fsp3) is 0.703. The van der Waals surface area contributed by atoms with Gasteiger partial charge in [-0.05, 0) is 118 Å². The quantitative estimate of drug-likeness (QED) is 0.131. The summed E-state index contributed by atoms with van der Waals surface area (Å²) < 4.78 is 10.8. The van der Waals surface area contributed by atoms with Crippen LogP contribution in [0.15, 0.2) is 35.9 Å². The molecule has 1 heterocycles. The number of ether oxygens (including phenoxy) is 2. The Morgan fingerprint density at radius 1 is 1.10 bits per heavy atom. The molecule has 3 aliphatic rings. The maximum Gasteiger partial charge on any atom is 0.335 e. The average molecular weight is 565 g/mol. The summed E-state index contributed by atoms with van der Waals surface area (Å²) in [6.45, 7) is 11.2. The summed E-state index contributed by atoms with van der Waals surface area (Å²) >= 11 is 0. The largest absolute Gasteiger partial charge is 0.462 e. The molecule has 3 fully saturated rings. The number of hydrogen-bond acceptors (Lipinski definition) is 4. The van der Waals surface area contributed by atoms with Gasteiger partial charge in [0.15, 0.2) is 0 Å². The minimum atomic E-state index is -0.474. The number of carbonyl (C=O) groups excluding carboxylic acids is 1. The zero-order chi connectivity index (χ0) is 29.2. The van der Waals surface area contributed by atoms with Crippen molar-refractivity contribution in [3.63, 3.8) is 0 Å². The van der Waals surface area contributed by atoms with Crippen LogP contribution < -0.4 is 0 Å². The molecule has 1 aromatic rings. The topological polar surface area (TPSA) is 59.1 Å². The van der Waals surface area contributed by atoms with Crippen LogP contribution in [0.1, 0.15) is 126 Å². The first-order chi connectivity index (χ1) is 19.9. The van der Waals surface area contributed by atoms with E-state index in [1.807, 2.05) is 0 Å². The van der Waals surface area contributed by atoms with Gasteiger partial charge in [-0.1, -0.05) is 75.5 Å². The van der Waals surface area contributed by atoms with Gasteiger partial charge in [0.2, 0.25) is 0 Å². The lowest BCUT2D eigenvalue weighted by Gasteiger charge is -2.38. The molecule has 4 heteroatoms. The van der Waals surface area contributed by atoms with Crippen LogP contribution in [0.3, 0.4) is 0 Å². The maximum absolute atomic E-state index is 11.8. The fourth-order valence-electron chi connectivity index (χ4n) is 7.49. The van der Waals surface area contributed by atoms with E-state index in [0.717, 1.165) is 49.5 Å². The molecule has 2 atom stereocenters. The number of esters is 1. The van der Waals surface area contributed by atoms with Gasteiger partial charge in [-0.25, -0.2) is 4.79 Å². The van der Waals surface area contributed by atoms with Crippen molar-refractivity contribution in [2.24, 2.45) is 23.7 Å². The molecule has 2 saturated carbocycles. The predicted octanol–water partition coefficient (Wildman–Crippen LogP) is 8.95. The number of aryl methyl sites for hydroxylation is 1. The van der Waals surface area contributed by atoms with Crippen LogP contribution >= 0.6 is 0 Å². The van der Waals surface area contributed by atoms with Gasteiger partial charge in [-0.3, -0.25) is 0 Å². The molecule has 0 amide bonds. The first kappa shape index (κ1) is 32.0. The van der Waals surface area contributed by atoms with Crippen LogP contribution in [-0.2, 0) is 14.3 Å². The summed E-state index contributed by atoms with van der Waals surface area (Å²) in [4.78, 5) is 11.8. The minimum absolute atomic E-state index is 0.131. The van der Waals surface area contributed by atoms with Gasteiger partial charge in [0.25, 0.3) is 0 Å². The van der Waals surface area contributed by atoms with Gasteiger partial charge in [-0.15, -0.1) is 0 Å². The highest BCUT2D eigenvalue weighted by molar-refractivity contribution is 5.87.